The van der Waals surface area contributed by atoms with Crippen molar-refractivity contribution in [2.75, 3.05) is 20.8 Å². The van der Waals surface area contributed by atoms with E-state index < -0.39 is 0 Å². The van der Waals surface area contributed by atoms with E-state index in [1.807, 2.05) is 6.92 Å². The Morgan fingerprint density at radius 1 is 1.37 bits per heavy atom. The maximum absolute atomic E-state index is 12.2. The fourth-order valence-corrected chi connectivity index (χ4v) is 1.79. The average molecular weight is 266 g/mol. The lowest BCUT2D eigenvalue weighted by Crippen LogP contribution is -2.33. The maximum atomic E-state index is 12.2. The minimum atomic E-state index is -0.166. The Morgan fingerprint density at radius 3 is 2.68 bits per heavy atom. The first kappa shape index (κ1) is 15.3. The molecule has 0 fully saturated rings. The van der Waals surface area contributed by atoms with E-state index in [4.69, 9.17) is 15.2 Å². The smallest absolute Gasteiger partial charge is 0.255 e. The summed E-state index contributed by atoms with van der Waals surface area (Å²) in [6.07, 6.45) is 1.74. The van der Waals surface area contributed by atoms with Crippen LogP contribution in [0.25, 0.3) is 0 Å². The zero-order valence-corrected chi connectivity index (χ0v) is 11.7. The Hall–Kier alpha value is -1.75. The van der Waals surface area contributed by atoms with Gasteiger partial charge in [0.15, 0.2) is 0 Å². The molecule has 0 heterocycles. The Labute approximate surface area is 114 Å². The van der Waals surface area contributed by atoms with Crippen molar-refractivity contribution in [2.45, 2.75) is 25.8 Å². The monoisotopic (exact) mass is 266 g/mol. The molecule has 0 aliphatic heterocycles. The lowest BCUT2D eigenvalue weighted by molar-refractivity contribution is 0.0934. The van der Waals surface area contributed by atoms with E-state index in [0.29, 0.717) is 23.6 Å². The van der Waals surface area contributed by atoms with E-state index in [1.165, 1.54) is 7.11 Å². The van der Waals surface area contributed by atoms with Gasteiger partial charge in [-0.3, -0.25) is 4.79 Å². The Kier molecular flexibility index (Phi) is 6.15. The third-order valence-electron chi connectivity index (χ3n) is 2.87. The number of amides is 1. The SMILES string of the molecule is COc1ccc(OC)c(C(=O)NC(C)CCCN)c1. The van der Waals surface area contributed by atoms with Gasteiger partial charge in [0.2, 0.25) is 0 Å². The van der Waals surface area contributed by atoms with Crippen molar-refractivity contribution in [1.29, 1.82) is 0 Å². The molecule has 106 valence electrons. The van der Waals surface area contributed by atoms with Crippen LogP contribution in [0.4, 0.5) is 0 Å². The summed E-state index contributed by atoms with van der Waals surface area (Å²) in [5.74, 6) is 0.991. The minimum Gasteiger partial charge on any atom is -0.497 e. The van der Waals surface area contributed by atoms with Crippen LogP contribution in [-0.2, 0) is 0 Å². The van der Waals surface area contributed by atoms with Crippen LogP contribution in [-0.4, -0.2) is 32.7 Å². The van der Waals surface area contributed by atoms with E-state index in [2.05, 4.69) is 5.32 Å². The van der Waals surface area contributed by atoms with Gasteiger partial charge in [0, 0.05) is 6.04 Å². The van der Waals surface area contributed by atoms with Crippen molar-refractivity contribution in [3.8, 4) is 11.5 Å². The van der Waals surface area contributed by atoms with Crippen molar-refractivity contribution < 1.29 is 14.3 Å². The number of nitrogens with one attached hydrogen (secondary N) is 1. The summed E-state index contributed by atoms with van der Waals surface area (Å²) in [6.45, 7) is 2.59. The number of carbonyl (C=O) groups is 1. The zero-order chi connectivity index (χ0) is 14.3. The van der Waals surface area contributed by atoms with Crippen molar-refractivity contribution in [3.05, 3.63) is 23.8 Å². The highest BCUT2D eigenvalue weighted by Crippen LogP contribution is 2.23. The van der Waals surface area contributed by atoms with Gasteiger partial charge in [-0.2, -0.15) is 0 Å². The molecule has 0 spiro atoms. The molecule has 0 bridgehead atoms. The lowest BCUT2D eigenvalue weighted by Gasteiger charge is -2.15. The van der Waals surface area contributed by atoms with Gasteiger partial charge in [-0.25, -0.2) is 0 Å². The molecule has 19 heavy (non-hydrogen) atoms. The summed E-state index contributed by atoms with van der Waals surface area (Å²) in [6, 6.07) is 5.22. The lowest BCUT2D eigenvalue weighted by atomic mass is 10.1. The number of ether oxygens (including phenoxy) is 2. The predicted octanol–water partition coefficient (Wildman–Crippen LogP) is 1.56. The van der Waals surface area contributed by atoms with Crippen molar-refractivity contribution in [2.24, 2.45) is 5.73 Å². The van der Waals surface area contributed by atoms with Crippen molar-refractivity contribution in [1.82, 2.24) is 5.32 Å². The summed E-state index contributed by atoms with van der Waals surface area (Å²) >= 11 is 0. The van der Waals surface area contributed by atoms with Gasteiger partial charge in [0.1, 0.15) is 11.5 Å². The average Bonchev–Trinajstić information content (AvgIpc) is 2.44. The second-order valence-electron chi connectivity index (χ2n) is 4.37. The molecule has 0 saturated carbocycles. The number of carbonyl (C=O) groups excluding carboxylic acids is 1. The Morgan fingerprint density at radius 2 is 2.11 bits per heavy atom. The third-order valence-corrected chi connectivity index (χ3v) is 2.87. The highest BCUT2D eigenvalue weighted by molar-refractivity contribution is 5.97. The van der Waals surface area contributed by atoms with Crippen LogP contribution >= 0.6 is 0 Å². The molecule has 1 rings (SSSR count). The van der Waals surface area contributed by atoms with Crippen molar-refractivity contribution in [3.63, 3.8) is 0 Å². The number of rotatable bonds is 7. The van der Waals surface area contributed by atoms with Crippen LogP contribution in [0.15, 0.2) is 18.2 Å². The Bertz CT molecular complexity index is 421. The van der Waals surface area contributed by atoms with Gasteiger partial charge < -0.3 is 20.5 Å². The van der Waals surface area contributed by atoms with E-state index >= 15 is 0 Å². The van der Waals surface area contributed by atoms with Crippen LogP contribution in [0.5, 0.6) is 11.5 Å². The van der Waals surface area contributed by atoms with Crippen LogP contribution in [0, 0.1) is 0 Å². The summed E-state index contributed by atoms with van der Waals surface area (Å²) < 4.78 is 10.3. The minimum absolute atomic E-state index is 0.0759. The first-order chi connectivity index (χ1) is 9.12. The Balaban J connectivity index is 2.79. The second kappa shape index (κ2) is 7.63. The molecule has 0 aliphatic carbocycles. The molecule has 0 saturated heterocycles. The van der Waals surface area contributed by atoms with Crippen LogP contribution in [0.2, 0.25) is 0 Å². The molecule has 0 aromatic heterocycles. The second-order valence-corrected chi connectivity index (χ2v) is 4.37. The number of methoxy groups -OCH3 is 2. The molecule has 1 amide bonds. The van der Waals surface area contributed by atoms with Gasteiger partial charge in [-0.1, -0.05) is 0 Å². The fraction of sp³-hybridized carbons (Fsp3) is 0.500. The third kappa shape index (κ3) is 4.44. The van der Waals surface area contributed by atoms with E-state index in [-0.39, 0.29) is 11.9 Å². The molecular formula is C14H22N2O3. The number of hydrogen-bond acceptors (Lipinski definition) is 4. The zero-order valence-electron chi connectivity index (χ0n) is 11.7. The largest absolute Gasteiger partial charge is 0.497 e. The number of nitrogens with two attached hydrogens (primary N) is 1. The molecule has 1 unspecified atom stereocenters. The number of benzene rings is 1. The quantitative estimate of drug-likeness (QED) is 0.785. The number of hydrogen-bond donors (Lipinski definition) is 2. The van der Waals surface area contributed by atoms with Crippen LogP contribution in [0.1, 0.15) is 30.1 Å². The molecule has 3 N–H and O–H groups in total. The molecular weight excluding hydrogens is 244 g/mol. The molecule has 0 aliphatic rings. The summed E-state index contributed by atoms with van der Waals surface area (Å²) in [4.78, 5) is 12.2. The van der Waals surface area contributed by atoms with Gasteiger partial charge in [-0.15, -0.1) is 0 Å². The van der Waals surface area contributed by atoms with Gasteiger partial charge in [0.05, 0.1) is 19.8 Å². The van der Waals surface area contributed by atoms with E-state index in [9.17, 15) is 4.79 Å². The first-order valence-corrected chi connectivity index (χ1v) is 6.35. The van der Waals surface area contributed by atoms with E-state index in [1.54, 1.807) is 25.3 Å². The standard InChI is InChI=1S/C14H22N2O3/c1-10(5-4-8-15)16-14(17)12-9-11(18-2)6-7-13(12)19-3/h6-7,9-10H,4-5,8,15H2,1-3H3,(H,16,17). The van der Waals surface area contributed by atoms with Gasteiger partial charge in [-0.05, 0) is 44.5 Å². The van der Waals surface area contributed by atoms with E-state index in [0.717, 1.165) is 12.8 Å². The highest BCUT2D eigenvalue weighted by Gasteiger charge is 2.15. The first-order valence-electron chi connectivity index (χ1n) is 6.35. The van der Waals surface area contributed by atoms with Crippen LogP contribution < -0.4 is 20.5 Å². The fourth-order valence-electron chi connectivity index (χ4n) is 1.79. The normalized spacial score (nSPS) is 11.8. The topological polar surface area (TPSA) is 73.6 Å². The molecule has 1 atom stereocenters. The highest BCUT2D eigenvalue weighted by atomic mass is 16.5. The summed E-state index contributed by atoms with van der Waals surface area (Å²) in [5, 5.41) is 2.93. The summed E-state index contributed by atoms with van der Waals surface area (Å²) in [7, 11) is 3.10. The van der Waals surface area contributed by atoms with Gasteiger partial charge in [0.25, 0.3) is 5.91 Å². The molecule has 1 aromatic carbocycles. The summed E-state index contributed by atoms with van der Waals surface area (Å²) in [5.41, 5.74) is 5.93. The predicted molar refractivity (Wildman–Crippen MR) is 74.8 cm³/mol. The maximum Gasteiger partial charge on any atom is 0.255 e. The van der Waals surface area contributed by atoms with Gasteiger partial charge >= 0.3 is 0 Å². The van der Waals surface area contributed by atoms with Crippen molar-refractivity contribution >= 4 is 5.91 Å². The molecule has 1 aromatic rings. The van der Waals surface area contributed by atoms with Crippen LogP contribution in [0.3, 0.4) is 0 Å². The molecule has 5 heteroatoms. The molecule has 5 nitrogen and oxygen atoms in total. The molecule has 0 radical (unpaired) electrons.